The number of benzene rings is 1. The van der Waals surface area contributed by atoms with E-state index in [-0.39, 0.29) is 31.7 Å². The van der Waals surface area contributed by atoms with Gasteiger partial charge in [-0.1, -0.05) is 11.6 Å². The Morgan fingerprint density at radius 3 is 2.34 bits per heavy atom. The van der Waals surface area contributed by atoms with Crippen LogP contribution < -0.4 is 10.0 Å². The van der Waals surface area contributed by atoms with Crippen LogP contribution in [0.25, 0.3) is 0 Å². The highest BCUT2D eigenvalue weighted by Gasteiger charge is 2.38. The molecule has 2 heterocycles. The molecule has 170 valence electrons. The fraction of sp³-hybridized carbons (Fsp3) is 0.176. The first-order valence-corrected chi connectivity index (χ1v) is 11.2. The van der Waals surface area contributed by atoms with Crippen LogP contribution in [-0.4, -0.2) is 34.3 Å². The molecule has 0 aliphatic carbocycles. The molecule has 0 bridgehead atoms. The van der Waals surface area contributed by atoms with E-state index in [1.54, 1.807) is 0 Å². The van der Waals surface area contributed by atoms with E-state index < -0.39 is 34.3 Å². The van der Waals surface area contributed by atoms with Crippen LogP contribution in [0.2, 0.25) is 5.15 Å². The number of nitrogens with zero attached hydrogens (tertiary/aromatic N) is 4. The number of aromatic nitrogens is 4. The van der Waals surface area contributed by atoms with E-state index in [2.05, 4.69) is 41.3 Å². The Morgan fingerprint density at radius 2 is 1.81 bits per heavy atom. The average molecular weight is 554 g/mol. The van der Waals surface area contributed by atoms with Gasteiger partial charge in [-0.25, -0.2) is 8.42 Å². The molecule has 3 aromatic rings. The van der Waals surface area contributed by atoms with Crippen molar-refractivity contribution in [2.45, 2.75) is 24.5 Å². The number of hydrogen-bond donors (Lipinski definition) is 2. The summed E-state index contributed by atoms with van der Waals surface area (Å²) in [5, 5.41) is 13.1. The number of rotatable bonds is 6. The maximum atomic E-state index is 12.9. The molecule has 0 aliphatic rings. The molecule has 0 radical (unpaired) electrons. The molecule has 3 rings (SSSR count). The van der Waals surface area contributed by atoms with Gasteiger partial charge >= 0.3 is 6.18 Å². The Bertz CT molecular complexity index is 1250. The Balaban J connectivity index is 1.68. The molecule has 2 N–H and O–H groups in total. The molecule has 0 spiro atoms. The Labute approximate surface area is 193 Å². The van der Waals surface area contributed by atoms with Gasteiger partial charge in [0.05, 0.1) is 15.1 Å². The van der Waals surface area contributed by atoms with Gasteiger partial charge in [-0.2, -0.15) is 18.3 Å². The molecule has 15 heteroatoms. The maximum absolute atomic E-state index is 12.9. The number of carbonyl (C=O) groups excluding carboxylic acids is 1. The molecule has 32 heavy (non-hydrogen) atoms. The van der Waals surface area contributed by atoms with Crippen LogP contribution in [0.15, 0.2) is 45.8 Å². The average Bonchev–Trinajstić information content (AvgIpc) is 2.98. The molecule has 0 saturated carbocycles. The first-order chi connectivity index (χ1) is 14.9. The van der Waals surface area contributed by atoms with Crippen molar-refractivity contribution in [2.24, 2.45) is 0 Å². The lowest BCUT2D eigenvalue weighted by atomic mass is 10.3. The number of halogens is 5. The molecule has 1 aromatic carbocycles. The summed E-state index contributed by atoms with van der Waals surface area (Å²) in [5.74, 6) is -0.687. The quantitative estimate of drug-likeness (QED) is 0.479. The number of alkyl halides is 3. The lowest BCUT2D eigenvalue weighted by molar-refractivity contribution is -0.142. The van der Waals surface area contributed by atoms with Gasteiger partial charge in [0.2, 0.25) is 5.91 Å². The number of anilines is 2. The molecular formula is C17H13BrClF3N6O3S. The van der Waals surface area contributed by atoms with Crippen LogP contribution in [0.4, 0.5) is 24.7 Å². The van der Waals surface area contributed by atoms with Gasteiger partial charge < -0.3 is 5.32 Å². The van der Waals surface area contributed by atoms with Crippen molar-refractivity contribution < 1.29 is 26.4 Å². The third kappa shape index (κ3) is 5.55. The third-order valence-electron chi connectivity index (χ3n) is 4.01. The van der Waals surface area contributed by atoms with Gasteiger partial charge in [-0.3, -0.25) is 14.2 Å². The molecule has 0 saturated heterocycles. The number of nitrogens with one attached hydrogen (secondary N) is 2. The Morgan fingerprint density at radius 1 is 1.16 bits per heavy atom. The summed E-state index contributed by atoms with van der Waals surface area (Å²) in [5.41, 5.74) is -0.763. The Hall–Kier alpha value is -2.71. The smallest absolute Gasteiger partial charge is 0.324 e. The van der Waals surface area contributed by atoms with Crippen molar-refractivity contribution in [3.63, 3.8) is 0 Å². The van der Waals surface area contributed by atoms with E-state index in [0.29, 0.717) is 0 Å². The van der Waals surface area contributed by atoms with E-state index in [4.69, 9.17) is 11.6 Å². The Kier molecular flexibility index (Phi) is 6.76. The standard InChI is InChI=1S/C17H13BrClF3N6O3S/c1-9-15(18)16(17(20,21)22)26-28(9)8-14(29)23-10-2-4-11(5-3-10)32(30,31)27-13-7-6-12(19)24-25-13/h2-7H,8H2,1H3,(H,23,29)(H,25,27). The minimum atomic E-state index is -4.67. The maximum Gasteiger partial charge on any atom is 0.436 e. The van der Waals surface area contributed by atoms with Crippen LogP contribution in [0, 0.1) is 6.92 Å². The van der Waals surface area contributed by atoms with Gasteiger partial charge in [-0.05, 0) is 59.3 Å². The molecule has 0 atom stereocenters. The van der Waals surface area contributed by atoms with Crippen LogP contribution >= 0.6 is 27.5 Å². The molecule has 2 aromatic heterocycles. The zero-order chi connectivity index (χ0) is 23.7. The fourth-order valence-electron chi connectivity index (χ4n) is 2.48. The minimum absolute atomic E-state index is 0.0363. The summed E-state index contributed by atoms with van der Waals surface area (Å²) in [6.07, 6.45) is -4.67. The SMILES string of the molecule is Cc1c(Br)c(C(F)(F)F)nn1CC(=O)Nc1ccc(S(=O)(=O)Nc2ccc(Cl)nn2)cc1. The highest BCUT2D eigenvalue weighted by atomic mass is 79.9. The molecular weight excluding hydrogens is 541 g/mol. The van der Waals surface area contributed by atoms with Crippen LogP contribution in [0.3, 0.4) is 0 Å². The van der Waals surface area contributed by atoms with E-state index in [9.17, 15) is 26.4 Å². The minimum Gasteiger partial charge on any atom is -0.324 e. The van der Waals surface area contributed by atoms with Crippen molar-refractivity contribution in [2.75, 3.05) is 10.0 Å². The topological polar surface area (TPSA) is 119 Å². The van der Waals surface area contributed by atoms with E-state index >= 15 is 0 Å². The first-order valence-electron chi connectivity index (χ1n) is 8.59. The van der Waals surface area contributed by atoms with Crippen molar-refractivity contribution in [3.8, 4) is 0 Å². The lowest BCUT2D eigenvalue weighted by Crippen LogP contribution is -2.21. The van der Waals surface area contributed by atoms with Gasteiger partial charge in [-0.15, -0.1) is 10.2 Å². The summed E-state index contributed by atoms with van der Waals surface area (Å²) in [7, 11) is -3.98. The van der Waals surface area contributed by atoms with E-state index in [0.717, 1.165) is 4.68 Å². The normalized spacial score (nSPS) is 11.9. The van der Waals surface area contributed by atoms with Gasteiger partial charge in [0.25, 0.3) is 10.0 Å². The second-order valence-corrected chi connectivity index (χ2v) is 9.19. The van der Waals surface area contributed by atoms with E-state index in [1.165, 1.54) is 43.3 Å². The van der Waals surface area contributed by atoms with Crippen molar-refractivity contribution in [1.82, 2.24) is 20.0 Å². The van der Waals surface area contributed by atoms with E-state index in [1.807, 2.05) is 0 Å². The van der Waals surface area contributed by atoms with Crippen LogP contribution in [0.5, 0.6) is 0 Å². The summed E-state index contributed by atoms with van der Waals surface area (Å²) in [6, 6.07) is 7.82. The van der Waals surface area contributed by atoms with Gasteiger partial charge in [0, 0.05) is 5.69 Å². The molecule has 0 fully saturated rings. The monoisotopic (exact) mass is 552 g/mol. The molecule has 0 unspecified atom stereocenters. The van der Waals surface area contributed by atoms with Crippen molar-refractivity contribution in [3.05, 3.63) is 57.4 Å². The van der Waals surface area contributed by atoms with Crippen molar-refractivity contribution in [1.29, 1.82) is 0 Å². The van der Waals surface area contributed by atoms with Crippen LogP contribution in [0.1, 0.15) is 11.4 Å². The number of hydrogen-bond acceptors (Lipinski definition) is 6. The lowest BCUT2D eigenvalue weighted by Gasteiger charge is -2.09. The predicted molar refractivity (Wildman–Crippen MR) is 113 cm³/mol. The predicted octanol–water partition coefficient (Wildman–Crippen LogP) is 3.86. The summed E-state index contributed by atoms with van der Waals surface area (Å²) in [6.45, 7) is 0.911. The number of amides is 1. The number of carbonyl (C=O) groups is 1. The zero-order valence-corrected chi connectivity index (χ0v) is 19.1. The fourth-order valence-corrected chi connectivity index (χ4v) is 4.09. The molecule has 0 aliphatic heterocycles. The summed E-state index contributed by atoms with van der Waals surface area (Å²) >= 11 is 8.44. The second kappa shape index (κ2) is 9.03. The zero-order valence-electron chi connectivity index (χ0n) is 16.0. The molecule has 1 amide bonds. The highest BCUT2D eigenvalue weighted by Crippen LogP contribution is 2.35. The molecule has 9 nitrogen and oxygen atoms in total. The summed E-state index contributed by atoms with van der Waals surface area (Å²) < 4.78 is 66.5. The summed E-state index contributed by atoms with van der Waals surface area (Å²) in [4.78, 5) is 12.1. The van der Waals surface area contributed by atoms with Gasteiger partial charge in [0.15, 0.2) is 16.7 Å². The number of sulfonamides is 1. The van der Waals surface area contributed by atoms with Crippen molar-refractivity contribution >= 4 is 55.0 Å². The third-order valence-corrected chi connectivity index (χ3v) is 6.54. The highest BCUT2D eigenvalue weighted by molar-refractivity contribution is 9.10. The largest absolute Gasteiger partial charge is 0.436 e. The first kappa shape index (κ1) is 23.9. The second-order valence-electron chi connectivity index (χ2n) is 6.32. The van der Waals surface area contributed by atoms with Crippen LogP contribution in [-0.2, 0) is 27.5 Å². The van der Waals surface area contributed by atoms with Gasteiger partial charge in [0.1, 0.15) is 6.54 Å².